The maximum atomic E-state index is 5.17. The van der Waals surface area contributed by atoms with Crippen LogP contribution in [0.2, 0.25) is 0 Å². The minimum Gasteiger partial charge on any atom is -0.369 e. The van der Waals surface area contributed by atoms with E-state index in [1.54, 1.807) is 6.21 Å². The van der Waals surface area contributed by atoms with Gasteiger partial charge in [-0.15, -0.1) is 5.10 Å². The zero-order valence-electron chi connectivity index (χ0n) is 10.8. The summed E-state index contributed by atoms with van der Waals surface area (Å²) in [5, 5.41) is 11.2. The highest BCUT2D eigenvalue weighted by molar-refractivity contribution is 5.82. The molecule has 6 heteroatoms. The van der Waals surface area contributed by atoms with Gasteiger partial charge in [0.2, 0.25) is 5.96 Å². The summed E-state index contributed by atoms with van der Waals surface area (Å²) in [6.45, 7) is 3.81. The van der Waals surface area contributed by atoms with Crippen molar-refractivity contribution in [2.24, 2.45) is 21.7 Å². The molecule has 1 aromatic carbocycles. The maximum absolute atomic E-state index is 5.17. The van der Waals surface area contributed by atoms with Crippen molar-refractivity contribution in [1.29, 1.82) is 0 Å². The van der Waals surface area contributed by atoms with E-state index in [1.165, 1.54) is 0 Å². The van der Waals surface area contributed by atoms with E-state index in [-0.39, 0.29) is 5.96 Å². The highest BCUT2D eigenvalue weighted by atomic mass is 16.5. The molecule has 0 saturated heterocycles. The average molecular weight is 257 g/mol. The molecule has 1 heterocycles. The van der Waals surface area contributed by atoms with Crippen LogP contribution in [0.4, 0.5) is 0 Å². The summed E-state index contributed by atoms with van der Waals surface area (Å²) < 4.78 is 5.15. The van der Waals surface area contributed by atoms with Crippen molar-refractivity contribution in [3.63, 3.8) is 0 Å². The van der Waals surface area contributed by atoms with E-state index < -0.39 is 0 Å². The number of aromatic nitrogens is 1. The first-order valence-electron chi connectivity index (χ1n) is 5.73. The maximum Gasteiger partial charge on any atom is 0.211 e. The van der Waals surface area contributed by atoms with Gasteiger partial charge < -0.3 is 16.0 Å². The van der Waals surface area contributed by atoms with Gasteiger partial charge in [-0.25, -0.2) is 0 Å². The lowest BCUT2D eigenvalue weighted by molar-refractivity contribution is 0.393. The molecule has 6 nitrogen and oxygen atoms in total. The molecule has 19 heavy (non-hydrogen) atoms. The van der Waals surface area contributed by atoms with Crippen LogP contribution in [0.15, 0.2) is 39.0 Å². The lowest BCUT2D eigenvalue weighted by Gasteiger charge is -2.00. The molecule has 2 aromatic rings. The Labute approximate surface area is 110 Å². The van der Waals surface area contributed by atoms with Crippen LogP contribution < -0.4 is 11.5 Å². The van der Waals surface area contributed by atoms with E-state index in [9.17, 15) is 0 Å². The fourth-order valence-corrected chi connectivity index (χ4v) is 1.79. The smallest absolute Gasteiger partial charge is 0.211 e. The number of hydrogen-bond donors (Lipinski definition) is 2. The molecule has 0 amide bonds. The summed E-state index contributed by atoms with van der Waals surface area (Å²) in [7, 11) is 0. The summed E-state index contributed by atoms with van der Waals surface area (Å²) in [5.74, 6) is 0.739. The van der Waals surface area contributed by atoms with Gasteiger partial charge in [0.15, 0.2) is 0 Å². The van der Waals surface area contributed by atoms with Crippen molar-refractivity contribution in [3.05, 3.63) is 41.3 Å². The predicted octanol–water partition coefficient (Wildman–Crippen LogP) is 1.57. The Kier molecular flexibility index (Phi) is 3.61. The zero-order chi connectivity index (χ0) is 13.8. The molecule has 1 aromatic heterocycles. The van der Waals surface area contributed by atoms with Crippen LogP contribution in [0.3, 0.4) is 0 Å². The number of benzene rings is 1. The number of guanidine groups is 1. The quantitative estimate of drug-likeness (QED) is 0.494. The second-order valence-electron chi connectivity index (χ2n) is 4.09. The number of rotatable bonds is 3. The Balaban J connectivity index is 2.24. The molecule has 0 fully saturated rings. The molecule has 0 unspecified atom stereocenters. The van der Waals surface area contributed by atoms with Gasteiger partial charge in [0.25, 0.3) is 0 Å². The number of hydrogen-bond acceptors (Lipinski definition) is 4. The van der Waals surface area contributed by atoms with Gasteiger partial charge in [0, 0.05) is 5.56 Å². The Bertz CT molecular complexity index is 601. The molecule has 0 radical (unpaired) electrons. The summed E-state index contributed by atoms with van der Waals surface area (Å²) in [4.78, 5) is 0. The molecular formula is C13H15N5O. The van der Waals surface area contributed by atoms with Gasteiger partial charge in [0.1, 0.15) is 5.76 Å². The minimum atomic E-state index is -0.0661. The third kappa shape index (κ3) is 2.98. The molecule has 0 spiro atoms. The molecule has 0 aliphatic rings. The number of aryl methyl sites for hydroxylation is 2. The van der Waals surface area contributed by atoms with Crippen LogP contribution in [0, 0.1) is 13.8 Å². The van der Waals surface area contributed by atoms with Crippen LogP contribution in [0.25, 0.3) is 11.1 Å². The van der Waals surface area contributed by atoms with Crippen molar-refractivity contribution >= 4 is 12.2 Å². The Morgan fingerprint density at radius 3 is 2.42 bits per heavy atom. The second kappa shape index (κ2) is 5.34. The van der Waals surface area contributed by atoms with Gasteiger partial charge >= 0.3 is 0 Å². The van der Waals surface area contributed by atoms with Gasteiger partial charge in [-0.1, -0.05) is 29.4 Å². The largest absolute Gasteiger partial charge is 0.369 e. The van der Waals surface area contributed by atoms with Crippen molar-refractivity contribution < 1.29 is 4.52 Å². The van der Waals surface area contributed by atoms with Gasteiger partial charge in [-0.05, 0) is 25.0 Å². The van der Waals surface area contributed by atoms with E-state index in [1.807, 2.05) is 38.1 Å². The van der Waals surface area contributed by atoms with Crippen molar-refractivity contribution in [1.82, 2.24) is 5.16 Å². The molecule has 0 aliphatic heterocycles. The molecule has 0 aliphatic carbocycles. The van der Waals surface area contributed by atoms with E-state index >= 15 is 0 Å². The lowest BCUT2D eigenvalue weighted by atomic mass is 10.0. The molecule has 98 valence electrons. The Morgan fingerprint density at radius 2 is 1.89 bits per heavy atom. The molecule has 2 rings (SSSR count). The minimum absolute atomic E-state index is 0.0661. The highest BCUT2D eigenvalue weighted by Gasteiger charge is 2.10. The summed E-state index contributed by atoms with van der Waals surface area (Å²) >= 11 is 0. The Morgan fingerprint density at radius 1 is 1.21 bits per heavy atom. The van der Waals surface area contributed by atoms with Crippen LogP contribution in [-0.2, 0) is 0 Å². The second-order valence-corrected chi connectivity index (χ2v) is 4.09. The van der Waals surface area contributed by atoms with Crippen molar-refractivity contribution in [3.8, 4) is 11.1 Å². The summed E-state index contributed by atoms with van der Waals surface area (Å²) in [5.41, 5.74) is 14.2. The Hall–Kier alpha value is -2.63. The van der Waals surface area contributed by atoms with Crippen molar-refractivity contribution in [2.45, 2.75) is 13.8 Å². The standard InChI is InChI=1S/C13H15N5O/c1-8-12(9(2)19-18-8)11-5-3-10(4-6-11)7-16-17-13(14)15/h3-7H,1-2H3,(H4,14,15,17). The van der Waals surface area contributed by atoms with Crippen LogP contribution >= 0.6 is 0 Å². The lowest BCUT2D eigenvalue weighted by Crippen LogP contribution is -2.21. The fraction of sp³-hybridized carbons (Fsp3) is 0.154. The molecule has 0 atom stereocenters. The van der Waals surface area contributed by atoms with Crippen LogP contribution in [0.5, 0.6) is 0 Å². The first kappa shape index (κ1) is 12.8. The van der Waals surface area contributed by atoms with E-state index in [0.29, 0.717) is 0 Å². The highest BCUT2D eigenvalue weighted by Crippen LogP contribution is 2.26. The first-order valence-corrected chi connectivity index (χ1v) is 5.73. The topological polar surface area (TPSA) is 103 Å². The average Bonchev–Trinajstić information content (AvgIpc) is 2.70. The van der Waals surface area contributed by atoms with Gasteiger partial charge in [0.05, 0.1) is 11.9 Å². The normalized spacial score (nSPS) is 10.8. The number of nitrogens with two attached hydrogens (primary N) is 2. The van der Waals surface area contributed by atoms with Crippen LogP contribution in [0.1, 0.15) is 17.0 Å². The molecule has 0 saturated carbocycles. The number of nitrogens with zero attached hydrogens (tertiary/aromatic N) is 3. The predicted molar refractivity (Wildman–Crippen MR) is 74.8 cm³/mol. The molecule has 4 N–H and O–H groups in total. The van der Waals surface area contributed by atoms with E-state index in [2.05, 4.69) is 15.4 Å². The molecular weight excluding hydrogens is 242 g/mol. The van der Waals surface area contributed by atoms with Crippen LogP contribution in [-0.4, -0.2) is 17.3 Å². The fourth-order valence-electron chi connectivity index (χ4n) is 1.79. The third-order valence-corrected chi connectivity index (χ3v) is 2.61. The third-order valence-electron chi connectivity index (χ3n) is 2.61. The van der Waals surface area contributed by atoms with Gasteiger partial charge in [-0.3, -0.25) is 0 Å². The molecule has 0 bridgehead atoms. The monoisotopic (exact) mass is 257 g/mol. The summed E-state index contributed by atoms with van der Waals surface area (Å²) in [6, 6.07) is 7.80. The van der Waals surface area contributed by atoms with Crippen molar-refractivity contribution in [2.75, 3.05) is 0 Å². The van der Waals surface area contributed by atoms with E-state index in [4.69, 9.17) is 16.0 Å². The van der Waals surface area contributed by atoms with Gasteiger partial charge in [-0.2, -0.15) is 5.10 Å². The summed E-state index contributed by atoms with van der Waals surface area (Å²) in [6.07, 6.45) is 1.58. The zero-order valence-corrected chi connectivity index (χ0v) is 10.8. The van der Waals surface area contributed by atoms with E-state index in [0.717, 1.165) is 28.1 Å². The SMILES string of the molecule is Cc1noc(C)c1-c1ccc(C=NN=C(N)N)cc1. The first-order chi connectivity index (χ1) is 9.08.